The lowest BCUT2D eigenvalue weighted by Crippen LogP contribution is -2.29. The number of unbranched alkanes of at least 4 members (excludes halogenated alkanes) is 10. The summed E-state index contributed by atoms with van der Waals surface area (Å²) in [5.41, 5.74) is 17.9. The maximum atomic E-state index is 4.03. The van der Waals surface area contributed by atoms with Crippen LogP contribution in [0.2, 0.25) is 0 Å². The summed E-state index contributed by atoms with van der Waals surface area (Å²) in [6, 6.07) is 15.0. The first-order valence-electron chi connectivity index (χ1n) is 22.8. The van der Waals surface area contributed by atoms with Crippen LogP contribution in [-0.2, 0) is 30.1 Å². The van der Waals surface area contributed by atoms with E-state index in [1.807, 2.05) is 0 Å². The highest BCUT2D eigenvalue weighted by Gasteiger charge is 2.45. The van der Waals surface area contributed by atoms with E-state index in [0.29, 0.717) is 0 Å². The topological polar surface area (TPSA) is 12.0 Å². The molecule has 0 fully saturated rings. The van der Waals surface area contributed by atoms with Crippen LogP contribution in [0, 0.1) is 0 Å². The van der Waals surface area contributed by atoms with Crippen molar-refractivity contribution >= 4 is 5.57 Å². The van der Waals surface area contributed by atoms with Crippen LogP contribution < -0.4 is 5.32 Å². The van der Waals surface area contributed by atoms with E-state index in [4.69, 9.17) is 0 Å². The van der Waals surface area contributed by atoms with E-state index in [1.54, 1.807) is 44.5 Å². The first-order valence-corrected chi connectivity index (χ1v) is 22.8. The van der Waals surface area contributed by atoms with Crippen molar-refractivity contribution in [1.82, 2.24) is 5.32 Å². The maximum absolute atomic E-state index is 4.03. The number of hydrogen-bond donors (Lipinski definition) is 1. The highest BCUT2D eigenvalue weighted by Crippen LogP contribution is 2.56. The Morgan fingerprint density at radius 1 is 0.604 bits per heavy atom. The number of fused-ring (bicyclic) bond motifs is 3. The lowest BCUT2D eigenvalue weighted by Gasteiger charge is -2.36. The van der Waals surface area contributed by atoms with Gasteiger partial charge in [0, 0.05) is 16.8 Å². The minimum atomic E-state index is 0.152. The second-order valence-corrected chi connectivity index (χ2v) is 17.8. The Bertz CT molecular complexity index is 1620. The molecule has 0 heterocycles. The fraction of sp³-hybridized carbons (Fsp3) is 0.615. The molecule has 1 nitrogen and oxygen atoms in total. The van der Waals surface area contributed by atoms with Crippen molar-refractivity contribution in [3.63, 3.8) is 0 Å². The molecule has 0 saturated heterocycles. The predicted molar refractivity (Wildman–Crippen MR) is 232 cm³/mol. The van der Waals surface area contributed by atoms with Gasteiger partial charge in [-0.2, -0.15) is 0 Å². The van der Waals surface area contributed by atoms with Crippen LogP contribution in [0.1, 0.15) is 209 Å². The van der Waals surface area contributed by atoms with Gasteiger partial charge in [0.2, 0.25) is 0 Å². The first kappa shape index (κ1) is 39.9. The van der Waals surface area contributed by atoms with E-state index in [1.165, 1.54) is 165 Å². The van der Waals surface area contributed by atoms with Gasteiger partial charge in [0.1, 0.15) is 0 Å². The van der Waals surface area contributed by atoms with E-state index in [0.717, 1.165) is 12.8 Å². The zero-order valence-electron chi connectivity index (χ0n) is 34.9. The number of aryl methyl sites for hydroxylation is 3. The number of nitrogens with one attached hydrogen (secondary N) is 1. The van der Waals surface area contributed by atoms with E-state index >= 15 is 0 Å². The molecule has 0 unspecified atom stereocenters. The molecule has 0 aromatic heterocycles. The largest absolute Gasteiger partial charge is 0.362 e. The number of hydrogen-bond acceptors (Lipinski definition) is 1. The van der Waals surface area contributed by atoms with E-state index in [9.17, 15) is 0 Å². The molecule has 0 radical (unpaired) electrons. The lowest BCUT2D eigenvalue weighted by atomic mass is 9.67. The van der Waals surface area contributed by atoms with Crippen LogP contribution in [0.3, 0.4) is 0 Å². The van der Waals surface area contributed by atoms with Crippen molar-refractivity contribution in [3.8, 4) is 0 Å². The lowest BCUT2D eigenvalue weighted by molar-refractivity contribution is 0.391. The Hall–Kier alpha value is -2.80. The minimum absolute atomic E-state index is 0.152. The second-order valence-electron chi connectivity index (χ2n) is 17.8. The van der Waals surface area contributed by atoms with Gasteiger partial charge in [-0.3, -0.25) is 0 Å². The molecule has 0 atom stereocenters. The average Bonchev–Trinajstić information content (AvgIpc) is 3.44. The summed E-state index contributed by atoms with van der Waals surface area (Å²) in [6.07, 6.45) is 39.9. The SMILES string of the molecule is CCCCCCCCC1(CCCCCCCC)C2=C(CCC(NC3=CC=C(CCCc4ccc5c(c4)CC5)CC3)=C2)c2ccc(C(C)(CC)CC)cc21. The van der Waals surface area contributed by atoms with Crippen LogP contribution in [0.25, 0.3) is 5.57 Å². The molecule has 288 valence electrons. The van der Waals surface area contributed by atoms with Crippen LogP contribution in [0.5, 0.6) is 0 Å². The third-order valence-corrected chi connectivity index (χ3v) is 14.3. The molecule has 0 saturated carbocycles. The van der Waals surface area contributed by atoms with Gasteiger partial charge in [0.05, 0.1) is 0 Å². The molecule has 0 amide bonds. The second kappa shape index (κ2) is 19.2. The Morgan fingerprint density at radius 3 is 1.91 bits per heavy atom. The Morgan fingerprint density at radius 2 is 1.28 bits per heavy atom. The molecule has 0 aliphatic heterocycles. The molecular formula is C52H75N. The molecule has 1 heteroatoms. The summed E-state index contributed by atoms with van der Waals surface area (Å²) >= 11 is 0. The van der Waals surface area contributed by atoms with Crippen LogP contribution in [0.4, 0.5) is 0 Å². The van der Waals surface area contributed by atoms with E-state index in [2.05, 4.69) is 94.6 Å². The predicted octanol–water partition coefficient (Wildman–Crippen LogP) is 15.3. The summed E-state index contributed by atoms with van der Waals surface area (Å²) < 4.78 is 0. The molecule has 4 aliphatic carbocycles. The summed E-state index contributed by atoms with van der Waals surface area (Å²) in [7, 11) is 0. The zero-order chi connectivity index (χ0) is 37.1. The molecule has 4 aliphatic rings. The van der Waals surface area contributed by atoms with Gasteiger partial charge in [0.25, 0.3) is 0 Å². The van der Waals surface area contributed by atoms with Crippen LogP contribution in [0.15, 0.2) is 77.2 Å². The Labute approximate surface area is 326 Å². The molecule has 2 aromatic carbocycles. The van der Waals surface area contributed by atoms with Gasteiger partial charge >= 0.3 is 0 Å². The van der Waals surface area contributed by atoms with Gasteiger partial charge in [-0.15, -0.1) is 0 Å². The van der Waals surface area contributed by atoms with Crippen LogP contribution >= 0.6 is 0 Å². The summed E-state index contributed by atoms with van der Waals surface area (Å²) in [5.74, 6) is 0. The molecular weight excluding hydrogens is 639 g/mol. The van der Waals surface area contributed by atoms with Crippen molar-refractivity contribution < 1.29 is 0 Å². The first-order chi connectivity index (χ1) is 25.9. The highest BCUT2D eigenvalue weighted by atomic mass is 14.9. The normalized spacial score (nSPS) is 17.4. The van der Waals surface area contributed by atoms with Crippen molar-refractivity contribution in [1.29, 1.82) is 0 Å². The number of allylic oxidation sites excluding steroid dienone is 8. The van der Waals surface area contributed by atoms with Gasteiger partial charge < -0.3 is 5.32 Å². The fourth-order valence-corrected chi connectivity index (χ4v) is 10.1. The quantitative estimate of drug-likeness (QED) is 0.113. The molecule has 6 rings (SSSR count). The monoisotopic (exact) mass is 714 g/mol. The molecule has 0 spiro atoms. The minimum Gasteiger partial charge on any atom is -0.362 e. The Kier molecular flexibility index (Phi) is 14.4. The van der Waals surface area contributed by atoms with Crippen LogP contribution in [-0.4, -0.2) is 0 Å². The van der Waals surface area contributed by atoms with Crippen molar-refractivity contribution in [2.45, 2.75) is 206 Å². The van der Waals surface area contributed by atoms with Gasteiger partial charge in [-0.1, -0.05) is 160 Å². The third-order valence-electron chi connectivity index (χ3n) is 14.3. The third kappa shape index (κ3) is 9.54. The molecule has 1 N–H and O–H groups in total. The smallest absolute Gasteiger partial charge is 0.0212 e. The summed E-state index contributed by atoms with van der Waals surface area (Å²) in [6.45, 7) is 12.0. The molecule has 53 heavy (non-hydrogen) atoms. The highest BCUT2D eigenvalue weighted by molar-refractivity contribution is 5.84. The molecule has 2 aromatic rings. The Balaban J connectivity index is 1.21. The summed E-state index contributed by atoms with van der Waals surface area (Å²) in [5, 5.41) is 4.03. The van der Waals surface area contributed by atoms with Gasteiger partial charge in [0.15, 0.2) is 0 Å². The summed E-state index contributed by atoms with van der Waals surface area (Å²) in [4.78, 5) is 0. The zero-order valence-corrected chi connectivity index (χ0v) is 34.9. The van der Waals surface area contributed by atoms with Crippen molar-refractivity contribution in [2.75, 3.05) is 0 Å². The van der Waals surface area contributed by atoms with Gasteiger partial charge in [-0.25, -0.2) is 0 Å². The van der Waals surface area contributed by atoms with Gasteiger partial charge in [-0.05, 0) is 146 Å². The molecule has 0 bridgehead atoms. The number of rotatable bonds is 23. The van der Waals surface area contributed by atoms with E-state index < -0.39 is 0 Å². The average molecular weight is 714 g/mol. The van der Waals surface area contributed by atoms with E-state index in [-0.39, 0.29) is 10.8 Å². The van der Waals surface area contributed by atoms with Crippen molar-refractivity contribution in [2.24, 2.45) is 0 Å². The van der Waals surface area contributed by atoms with Crippen molar-refractivity contribution in [3.05, 3.63) is 111 Å². The fourth-order valence-electron chi connectivity index (χ4n) is 10.1. The maximum Gasteiger partial charge on any atom is 0.0212 e. The standard InChI is InChI=1S/C52H75N/c1-6-10-12-14-16-18-35-52(36-19-17-15-13-11-7-2)49-38-44(51(5,8-3)9-4)29-33-47(49)48-34-32-46(39-50(48)52)53-45-30-24-40(25-31-45)21-20-22-41-23-26-42-27-28-43(42)37-41/h23-24,26,29-30,33,37-39,53H,6-22,25,27-28,31-32,34-36H2,1-5H3. The number of benzene rings is 2.